The van der Waals surface area contributed by atoms with E-state index in [1.54, 1.807) is 7.11 Å². The summed E-state index contributed by atoms with van der Waals surface area (Å²) in [5.74, 6) is 1.48. The SMILES string of the molecule is CCOc1ccccc1C(O)C1(OC)CCC(C)CC1. The molecule has 2 rings (SSSR count). The summed E-state index contributed by atoms with van der Waals surface area (Å²) >= 11 is 0. The van der Waals surface area contributed by atoms with Gasteiger partial charge in [0, 0.05) is 12.7 Å². The smallest absolute Gasteiger partial charge is 0.125 e. The fourth-order valence-electron chi connectivity index (χ4n) is 3.12. The molecule has 1 aliphatic rings. The second-order valence-electron chi connectivity index (χ2n) is 5.82. The molecule has 0 amide bonds. The Morgan fingerprint density at radius 3 is 2.55 bits per heavy atom. The van der Waals surface area contributed by atoms with Gasteiger partial charge in [0.25, 0.3) is 0 Å². The second-order valence-corrected chi connectivity index (χ2v) is 5.82. The van der Waals surface area contributed by atoms with Crippen LogP contribution in [0.25, 0.3) is 0 Å². The minimum atomic E-state index is -0.636. The van der Waals surface area contributed by atoms with Crippen molar-refractivity contribution in [2.45, 2.75) is 51.2 Å². The maximum absolute atomic E-state index is 10.9. The molecule has 3 heteroatoms. The Bertz CT molecular complexity index is 422. The zero-order valence-electron chi connectivity index (χ0n) is 12.8. The Morgan fingerprint density at radius 2 is 1.95 bits per heavy atom. The van der Waals surface area contributed by atoms with Crippen LogP contribution in [0.2, 0.25) is 0 Å². The number of ether oxygens (including phenoxy) is 2. The van der Waals surface area contributed by atoms with E-state index in [0.29, 0.717) is 12.5 Å². The summed E-state index contributed by atoms with van der Waals surface area (Å²) in [4.78, 5) is 0. The number of methoxy groups -OCH3 is 1. The zero-order chi connectivity index (χ0) is 14.6. The molecule has 20 heavy (non-hydrogen) atoms. The Balaban J connectivity index is 2.26. The van der Waals surface area contributed by atoms with E-state index >= 15 is 0 Å². The largest absolute Gasteiger partial charge is 0.493 e. The van der Waals surface area contributed by atoms with Crippen LogP contribution >= 0.6 is 0 Å². The molecule has 1 fully saturated rings. The molecule has 3 nitrogen and oxygen atoms in total. The fraction of sp³-hybridized carbons (Fsp3) is 0.647. The van der Waals surface area contributed by atoms with E-state index in [0.717, 1.165) is 37.0 Å². The van der Waals surface area contributed by atoms with E-state index in [1.807, 2.05) is 31.2 Å². The van der Waals surface area contributed by atoms with Gasteiger partial charge in [-0.15, -0.1) is 0 Å². The molecule has 0 aliphatic heterocycles. The Hall–Kier alpha value is -1.06. The number of aliphatic hydroxyl groups is 1. The molecule has 1 N–H and O–H groups in total. The molecular weight excluding hydrogens is 252 g/mol. The normalized spacial score (nSPS) is 28.1. The molecule has 1 unspecified atom stereocenters. The predicted octanol–water partition coefficient (Wildman–Crippen LogP) is 3.71. The van der Waals surface area contributed by atoms with Crippen molar-refractivity contribution in [2.75, 3.05) is 13.7 Å². The van der Waals surface area contributed by atoms with Crippen molar-refractivity contribution in [1.82, 2.24) is 0 Å². The first-order valence-corrected chi connectivity index (χ1v) is 7.58. The molecule has 1 aromatic carbocycles. The van der Waals surface area contributed by atoms with Crippen LogP contribution in [0.3, 0.4) is 0 Å². The van der Waals surface area contributed by atoms with E-state index < -0.39 is 11.7 Å². The van der Waals surface area contributed by atoms with Gasteiger partial charge in [-0.2, -0.15) is 0 Å². The lowest BCUT2D eigenvalue weighted by Crippen LogP contribution is -2.42. The number of para-hydroxylation sites is 1. The van der Waals surface area contributed by atoms with Crippen LogP contribution in [0, 0.1) is 5.92 Å². The lowest BCUT2D eigenvalue weighted by atomic mass is 9.74. The van der Waals surface area contributed by atoms with Crippen LogP contribution in [-0.4, -0.2) is 24.4 Å². The molecule has 0 radical (unpaired) electrons. The van der Waals surface area contributed by atoms with E-state index in [4.69, 9.17) is 9.47 Å². The van der Waals surface area contributed by atoms with Gasteiger partial charge in [0.05, 0.1) is 12.2 Å². The summed E-state index contributed by atoms with van der Waals surface area (Å²) in [5.41, 5.74) is 0.366. The first-order chi connectivity index (χ1) is 9.63. The van der Waals surface area contributed by atoms with Gasteiger partial charge >= 0.3 is 0 Å². The third-order valence-electron chi connectivity index (χ3n) is 4.54. The highest BCUT2D eigenvalue weighted by Gasteiger charge is 2.42. The molecule has 1 aromatic rings. The van der Waals surface area contributed by atoms with Crippen LogP contribution in [-0.2, 0) is 4.74 Å². The molecule has 1 saturated carbocycles. The molecule has 0 saturated heterocycles. The minimum Gasteiger partial charge on any atom is -0.493 e. The summed E-state index contributed by atoms with van der Waals surface area (Å²) in [7, 11) is 1.71. The van der Waals surface area contributed by atoms with Gasteiger partial charge < -0.3 is 14.6 Å². The van der Waals surface area contributed by atoms with Crippen molar-refractivity contribution in [3.05, 3.63) is 29.8 Å². The molecule has 1 aliphatic carbocycles. The summed E-state index contributed by atoms with van der Waals surface area (Å²) in [6.45, 7) is 4.82. The van der Waals surface area contributed by atoms with Gasteiger partial charge in [-0.3, -0.25) is 0 Å². The van der Waals surface area contributed by atoms with Crippen LogP contribution < -0.4 is 4.74 Å². The lowest BCUT2D eigenvalue weighted by Gasteiger charge is -2.42. The quantitative estimate of drug-likeness (QED) is 0.892. The summed E-state index contributed by atoms with van der Waals surface area (Å²) in [6.07, 6.45) is 3.35. The number of hydrogen-bond donors (Lipinski definition) is 1. The average molecular weight is 278 g/mol. The second kappa shape index (κ2) is 6.59. The number of aliphatic hydroxyl groups excluding tert-OH is 1. The molecular formula is C17H26O3. The predicted molar refractivity (Wildman–Crippen MR) is 79.9 cm³/mol. The topological polar surface area (TPSA) is 38.7 Å². The zero-order valence-corrected chi connectivity index (χ0v) is 12.8. The molecule has 0 heterocycles. The summed E-state index contributed by atoms with van der Waals surface area (Å²) < 4.78 is 11.4. The van der Waals surface area contributed by atoms with Crippen molar-refractivity contribution < 1.29 is 14.6 Å². The van der Waals surface area contributed by atoms with E-state index in [9.17, 15) is 5.11 Å². The maximum atomic E-state index is 10.9. The van der Waals surface area contributed by atoms with Crippen molar-refractivity contribution >= 4 is 0 Å². The van der Waals surface area contributed by atoms with Crippen molar-refractivity contribution in [3.8, 4) is 5.75 Å². The van der Waals surface area contributed by atoms with E-state index in [1.165, 1.54) is 0 Å². The molecule has 1 atom stereocenters. The van der Waals surface area contributed by atoms with Gasteiger partial charge in [-0.05, 0) is 44.6 Å². The Morgan fingerprint density at radius 1 is 1.30 bits per heavy atom. The molecule has 0 aromatic heterocycles. The third kappa shape index (κ3) is 2.99. The Kier molecular flexibility index (Phi) is 5.06. The van der Waals surface area contributed by atoms with Crippen LogP contribution in [0.15, 0.2) is 24.3 Å². The highest BCUT2D eigenvalue weighted by Crippen LogP contribution is 2.44. The molecule has 0 spiro atoms. The van der Waals surface area contributed by atoms with Crippen LogP contribution in [0.5, 0.6) is 5.75 Å². The average Bonchev–Trinajstić information content (AvgIpc) is 2.49. The van der Waals surface area contributed by atoms with Gasteiger partial charge in [-0.25, -0.2) is 0 Å². The highest BCUT2D eigenvalue weighted by molar-refractivity contribution is 5.36. The number of rotatable bonds is 5. The van der Waals surface area contributed by atoms with E-state index in [-0.39, 0.29) is 0 Å². The maximum Gasteiger partial charge on any atom is 0.125 e. The fourth-order valence-corrected chi connectivity index (χ4v) is 3.12. The van der Waals surface area contributed by atoms with Crippen molar-refractivity contribution in [2.24, 2.45) is 5.92 Å². The number of benzene rings is 1. The summed E-state index contributed by atoms with van der Waals surface area (Å²) in [6, 6.07) is 7.73. The van der Waals surface area contributed by atoms with Gasteiger partial charge in [0.15, 0.2) is 0 Å². The first kappa shape index (κ1) is 15.3. The standard InChI is InChI=1S/C17H26O3/c1-4-20-15-8-6-5-7-14(15)16(18)17(19-3)11-9-13(2)10-12-17/h5-8,13,16,18H,4,9-12H2,1-3H3. The van der Waals surface area contributed by atoms with E-state index in [2.05, 4.69) is 6.92 Å². The van der Waals surface area contributed by atoms with Gasteiger partial charge in [0.2, 0.25) is 0 Å². The first-order valence-electron chi connectivity index (χ1n) is 7.58. The van der Waals surface area contributed by atoms with Crippen molar-refractivity contribution in [1.29, 1.82) is 0 Å². The Labute approximate surface area is 121 Å². The summed E-state index contributed by atoms with van der Waals surface area (Å²) in [5, 5.41) is 10.9. The van der Waals surface area contributed by atoms with Gasteiger partial charge in [-0.1, -0.05) is 25.1 Å². The van der Waals surface area contributed by atoms with Gasteiger partial charge in [0.1, 0.15) is 11.9 Å². The molecule has 112 valence electrons. The van der Waals surface area contributed by atoms with Crippen LogP contribution in [0.1, 0.15) is 51.2 Å². The molecule has 0 bridgehead atoms. The third-order valence-corrected chi connectivity index (χ3v) is 4.54. The highest BCUT2D eigenvalue weighted by atomic mass is 16.5. The lowest BCUT2D eigenvalue weighted by molar-refractivity contribution is -0.131. The monoisotopic (exact) mass is 278 g/mol. The van der Waals surface area contributed by atoms with Crippen molar-refractivity contribution in [3.63, 3.8) is 0 Å². The minimum absolute atomic E-state index is 0.473. The number of hydrogen-bond acceptors (Lipinski definition) is 3. The van der Waals surface area contributed by atoms with Crippen LogP contribution in [0.4, 0.5) is 0 Å².